The van der Waals surface area contributed by atoms with Crippen LogP contribution >= 0.6 is 0 Å². The standard InChI is InChI=1S/C26H29NO2.C25H27NO2/c1-4-25(20-8-6-5-7-9-20)26(21-10-14-23(28)15-11-21)22-12-16-24(17-13-22)29-19-18-27(2)3;1-3-24(19-7-5-4-6-8-19)25(20-9-13-22(27)14-10-20)21-11-15-23(16-12-21)28-18-17-26-2/h5-17,28H,4,18-19H2,1-3H3;4-16,26-27H,3,17-18H2,1-2H3/b26-25+;25-24-. The van der Waals surface area contributed by atoms with Gasteiger partial charge < -0.3 is 29.9 Å². The number of aromatic hydroxyl groups is 2. The first-order chi connectivity index (χ1) is 27.8. The average molecular weight is 761 g/mol. The van der Waals surface area contributed by atoms with Crippen LogP contribution in [-0.4, -0.2) is 62.6 Å². The maximum atomic E-state index is 9.74. The Labute approximate surface area is 339 Å². The minimum absolute atomic E-state index is 0.272. The van der Waals surface area contributed by atoms with Gasteiger partial charge in [-0.3, -0.25) is 0 Å². The summed E-state index contributed by atoms with van der Waals surface area (Å²) in [5.74, 6) is 2.28. The first kappa shape index (κ1) is 42.1. The Morgan fingerprint density at radius 3 is 1.16 bits per heavy atom. The van der Waals surface area contributed by atoms with Gasteiger partial charge in [-0.15, -0.1) is 0 Å². The molecule has 0 spiro atoms. The van der Waals surface area contributed by atoms with E-state index in [1.807, 2.05) is 81.8 Å². The van der Waals surface area contributed by atoms with Crippen LogP contribution in [0.15, 0.2) is 158 Å². The smallest absolute Gasteiger partial charge is 0.119 e. The van der Waals surface area contributed by atoms with Gasteiger partial charge in [0.25, 0.3) is 0 Å². The lowest BCUT2D eigenvalue weighted by Gasteiger charge is -2.17. The lowest BCUT2D eigenvalue weighted by Crippen LogP contribution is -2.19. The van der Waals surface area contributed by atoms with Crippen LogP contribution in [0.1, 0.15) is 60.1 Å². The number of phenols is 2. The van der Waals surface area contributed by atoms with Crippen molar-refractivity contribution in [2.24, 2.45) is 0 Å². The monoisotopic (exact) mass is 760 g/mol. The molecule has 0 bridgehead atoms. The average Bonchev–Trinajstić information content (AvgIpc) is 3.24. The van der Waals surface area contributed by atoms with E-state index in [1.165, 1.54) is 33.4 Å². The molecule has 6 rings (SSSR count). The fraction of sp³-hybridized carbons (Fsp3) is 0.216. The zero-order chi connectivity index (χ0) is 40.4. The molecule has 0 aliphatic heterocycles. The third-order valence-corrected chi connectivity index (χ3v) is 9.58. The summed E-state index contributed by atoms with van der Waals surface area (Å²) in [6.07, 6.45) is 1.81. The lowest BCUT2D eigenvalue weighted by molar-refractivity contribution is 0.261. The Morgan fingerprint density at radius 2 is 0.825 bits per heavy atom. The molecule has 0 saturated carbocycles. The summed E-state index contributed by atoms with van der Waals surface area (Å²) in [7, 11) is 5.99. The van der Waals surface area contributed by atoms with Crippen LogP contribution in [-0.2, 0) is 0 Å². The van der Waals surface area contributed by atoms with Crippen molar-refractivity contribution in [3.05, 3.63) is 191 Å². The molecule has 0 unspecified atom stereocenters. The highest BCUT2D eigenvalue weighted by Gasteiger charge is 2.15. The van der Waals surface area contributed by atoms with Crippen LogP contribution in [0.25, 0.3) is 22.3 Å². The molecule has 294 valence electrons. The fourth-order valence-electron chi connectivity index (χ4n) is 6.67. The minimum Gasteiger partial charge on any atom is -0.508 e. The summed E-state index contributed by atoms with van der Waals surface area (Å²) in [6.45, 7) is 7.36. The van der Waals surface area contributed by atoms with E-state index in [9.17, 15) is 10.2 Å². The molecule has 3 N–H and O–H groups in total. The molecule has 0 aromatic heterocycles. The number of nitrogens with zero attached hydrogens (tertiary/aromatic N) is 1. The van der Waals surface area contributed by atoms with Crippen molar-refractivity contribution in [2.45, 2.75) is 26.7 Å². The molecule has 6 heteroatoms. The van der Waals surface area contributed by atoms with E-state index in [0.717, 1.165) is 59.7 Å². The van der Waals surface area contributed by atoms with Crippen molar-refractivity contribution in [3.8, 4) is 23.0 Å². The molecule has 0 aliphatic carbocycles. The van der Waals surface area contributed by atoms with Gasteiger partial charge in [0.1, 0.15) is 36.2 Å². The first-order valence-electron chi connectivity index (χ1n) is 19.7. The molecule has 0 heterocycles. The van der Waals surface area contributed by atoms with Crippen molar-refractivity contribution in [1.29, 1.82) is 0 Å². The second-order valence-corrected chi connectivity index (χ2v) is 13.9. The molecule has 0 fully saturated rings. The Bertz CT molecular complexity index is 2140. The summed E-state index contributed by atoms with van der Waals surface area (Å²) in [5, 5.41) is 22.5. The van der Waals surface area contributed by atoms with E-state index >= 15 is 0 Å². The maximum Gasteiger partial charge on any atom is 0.119 e. The summed E-state index contributed by atoms with van der Waals surface area (Å²) in [6, 6.07) is 52.4. The quantitative estimate of drug-likeness (QED) is 0.0674. The molecule has 57 heavy (non-hydrogen) atoms. The van der Waals surface area contributed by atoms with Crippen LogP contribution in [0.2, 0.25) is 0 Å². The molecule has 6 aromatic carbocycles. The van der Waals surface area contributed by atoms with E-state index in [2.05, 4.69) is 96.9 Å². The SMILES string of the molecule is CC/C(=C(/c1ccc(O)cc1)c1ccc(OCCN(C)C)cc1)c1ccccc1.CC/C(=C(\c1ccc(O)cc1)c1ccc(OCCNC)cc1)c1ccccc1. The van der Waals surface area contributed by atoms with Crippen LogP contribution in [0, 0.1) is 0 Å². The van der Waals surface area contributed by atoms with Crippen LogP contribution in [0.4, 0.5) is 0 Å². The minimum atomic E-state index is 0.272. The number of rotatable bonds is 16. The molecule has 0 radical (unpaired) electrons. The Kier molecular flexibility index (Phi) is 16.1. The number of nitrogens with one attached hydrogen (secondary N) is 1. The van der Waals surface area contributed by atoms with Crippen molar-refractivity contribution < 1.29 is 19.7 Å². The molecule has 0 amide bonds. The highest BCUT2D eigenvalue weighted by Crippen LogP contribution is 2.37. The molecule has 0 atom stereocenters. The second-order valence-electron chi connectivity index (χ2n) is 13.9. The number of hydrogen-bond donors (Lipinski definition) is 3. The molecule has 6 aromatic rings. The third-order valence-electron chi connectivity index (χ3n) is 9.58. The van der Waals surface area contributed by atoms with Crippen molar-refractivity contribution >= 4 is 22.3 Å². The summed E-state index contributed by atoms with van der Waals surface area (Å²) in [5.41, 5.74) is 11.8. The lowest BCUT2D eigenvalue weighted by atomic mass is 9.88. The van der Waals surface area contributed by atoms with Gasteiger partial charge in [-0.2, -0.15) is 0 Å². The van der Waals surface area contributed by atoms with E-state index in [-0.39, 0.29) is 11.5 Å². The van der Waals surface area contributed by atoms with Gasteiger partial charge in [0.15, 0.2) is 0 Å². The largest absolute Gasteiger partial charge is 0.508 e. The van der Waals surface area contributed by atoms with Gasteiger partial charge in [0.2, 0.25) is 0 Å². The predicted octanol–water partition coefficient (Wildman–Crippen LogP) is 11.1. The Morgan fingerprint density at radius 1 is 0.474 bits per heavy atom. The van der Waals surface area contributed by atoms with Gasteiger partial charge in [0, 0.05) is 13.1 Å². The van der Waals surface area contributed by atoms with E-state index in [0.29, 0.717) is 13.2 Å². The zero-order valence-corrected chi connectivity index (χ0v) is 33.9. The van der Waals surface area contributed by atoms with Gasteiger partial charge in [-0.25, -0.2) is 0 Å². The Balaban J connectivity index is 0.000000218. The summed E-state index contributed by atoms with van der Waals surface area (Å²) in [4.78, 5) is 2.10. The maximum absolute atomic E-state index is 9.74. The van der Waals surface area contributed by atoms with Crippen LogP contribution in [0.5, 0.6) is 23.0 Å². The van der Waals surface area contributed by atoms with Gasteiger partial charge in [-0.05, 0) is 138 Å². The van der Waals surface area contributed by atoms with Gasteiger partial charge >= 0.3 is 0 Å². The number of hydrogen-bond acceptors (Lipinski definition) is 6. The van der Waals surface area contributed by atoms with Crippen molar-refractivity contribution in [1.82, 2.24) is 10.2 Å². The second kappa shape index (κ2) is 21.9. The van der Waals surface area contributed by atoms with E-state index in [1.54, 1.807) is 24.3 Å². The third kappa shape index (κ3) is 12.2. The van der Waals surface area contributed by atoms with Gasteiger partial charge in [-0.1, -0.05) is 123 Å². The zero-order valence-electron chi connectivity index (χ0n) is 33.9. The highest BCUT2D eigenvalue weighted by molar-refractivity contribution is 5.99. The van der Waals surface area contributed by atoms with Crippen LogP contribution in [0.3, 0.4) is 0 Å². The number of likely N-dealkylation sites (N-methyl/N-ethyl adjacent to an activating group) is 2. The molecule has 6 nitrogen and oxygen atoms in total. The normalized spacial score (nSPS) is 11.9. The number of benzene rings is 6. The van der Waals surface area contributed by atoms with E-state index < -0.39 is 0 Å². The number of allylic oxidation sites excluding steroid dienone is 2. The summed E-state index contributed by atoms with van der Waals surface area (Å²) < 4.78 is 11.6. The topological polar surface area (TPSA) is 74.2 Å². The number of phenolic OH excluding ortho intramolecular Hbond substituents is 2. The summed E-state index contributed by atoms with van der Waals surface area (Å²) >= 11 is 0. The highest BCUT2D eigenvalue weighted by atomic mass is 16.5. The number of ether oxygens (including phenoxy) is 2. The van der Waals surface area contributed by atoms with Crippen molar-refractivity contribution in [3.63, 3.8) is 0 Å². The first-order valence-corrected chi connectivity index (χ1v) is 19.7. The predicted molar refractivity (Wildman–Crippen MR) is 238 cm³/mol. The van der Waals surface area contributed by atoms with Crippen LogP contribution < -0.4 is 14.8 Å². The van der Waals surface area contributed by atoms with E-state index in [4.69, 9.17) is 9.47 Å². The molecular formula is C51H56N2O4. The molecule has 0 aliphatic rings. The van der Waals surface area contributed by atoms with Crippen molar-refractivity contribution in [2.75, 3.05) is 47.4 Å². The molecule has 0 saturated heterocycles. The molecular weight excluding hydrogens is 705 g/mol. The Hall–Kier alpha value is -6.08. The fourth-order valence-corrected chi connectivity index (χ4v) is 6.67. The van der Waals surface area contributed by atoms with Gasteiger partial charge in [0.05, 0.1) is 0 Å².